The average molecular weight is 653 g/mol. The minimum atomic E-state index is -1.19. The SMILES string of the molecule is CC(C)(N)C(=O)NC(COCc1ccccc1)C(=O)Nc1cn(C(C=O)c2ccc(-c3ccccc3)cc2)cn1.CC1CCN(C)CC1. The van der Waals surface area contributed by atoms with Crippen LogP contribution in [0.25, 0.3) is 11.1 Å². The predicted molar refractivity (Wildman–Crippen MR) is 189 cm³/mol. The molecule has 1 aliphatic heterocycles. The third-order valence-corrected chi connectivity index (χ3v) is 8.27. The van der Waals surface area contributed by atoms with Gasteiger partial charge in [0.25, 0.3) is 5.91 Å². The number of anilines is 1. The van der Waals surface area contributed by atoms with Gasteiger partial charge in [-0.05, 0) is 75.0 Å². The summed E-state index contributed by atoms with van der Waals surface area (Å²) in [4.78, 5) is 44.4. The molecule has 1 fully saturated rings. The van der Waals surface area contributed by atoms with Crippen molar-refractivity contribution in [3.8, 4) is 11.1 Å². The molecule has 1 saturated heterocycles. The maximum absolute atomic E-state index is 13.1. The van der Waals surface area contributed by atoms with Gasteiger partial charge in [-0.2, -0.15) is 0 Å². The quantitative estimate of drug-likeness (QED) is 0.182. The fourth-order valence-corrected chi connectivity index (χ4v) is 5.12. The molecule has 0 aliphatic carbocycles. The van der Waals surface area contributed by atoms with E-state index in [1.807, 2.05) is 84.9 Å². The van der Waals surface area contributed by atoms with E-state index in [-0.39, 0.29) is 19.0 Å². The lowest BCUT2D eigenvalue weighted by Crippen LogP contribution is -2.56. The Hall–Kier alpha value is -4.64. The second-order valence-electron chi connectivity index (χ2n) is 13.0. The number of hydrogen-bond donors (Lipinski definition) is 3. The monoisotopic (exact) mass is 652 g/mol. The van der Waals surface area contributed by atoms with Crippen molar-refractivity contribution in [3.05, 3.63) is 109 Å². The van der Waals surface area contributed by atoms with Gasteiger partial charge in [0.1, 0.15) is 18.4 Å². The third kappa shape index (κ3) is 11.0. The number of nitrogens with one attached hydrogen (secondary N) is 2. The molecule has 4 N–H and O–H groups in total. The second-order valence-corrected chi connectivity index (χ2v) is 13.0. The number of hydrogen-bond acceptors (Lipinski definition) is 7. The van der Waals surface area contributed by atoms with Crippen LogP contribution in [0.15, 0.2) is 97.5 Å². The number of aldehydes is 1. The van der Waals surface area contributed by atoms with Gasteiger partial charge in [-0.15, -0.1) is 0 Å². The Balaban J connectivity index is 0.000000569. The molecule has 3 aromatic carbocycles. The van der Waals surface area contributed by atoms with Crippen LogP contribution in [0.2, 0.25) is 0 Å². The first kappa shape index (κ1) is 36.2. The molecule has 10 heteroatoms. The Morgan fingerprint density at radius 3 is 2.17 bits per heavy atom. The number of rotatable bonds is 12. The molecule has 0 saturated carbocycles. The molecular weight excluding hydrogens is 604 g/mol. The van der Waals surface area contributed by atoms with Gasteiger partial charge < -0.3 is 35.4 Å². The van der Waals surface area contributed by atoms with Crippen LogP contribution in [0.1, 0.15) is 50.8 Å². The largest absolute Gasteiger partial charge is 0.374 e. The van der Waals surface area contributed by atoms with Crippen molar-refractivity contribution in [2.75, 3.05) is 32.1 Å². The third-order valence-electron chi connectivity index (χ3n) is 8.27. The minimum absolute atomic E-state index is 0.0754. The average Bonchev–Trinajstić information content (AvgIpc) is 3.54. The normalized spacial score (nSPS) is 15.0. The van der Waals surface area contributed by atoms with Crippen LogP contribution < -0.4 is 16.4 Å². The molecule has 2 atom stereocenters. The number of imidazole rings is 1. The number of amides is 2. The van der Waals surface area contributed by atoms with Crippen LogP contribution in [-0.2, 0) is 25.7 Å². The van der Waals surface area contributed by atoms with Crippen LogP contribution >= 0.6 is 0 Å². The standard InChI is InChI=1S/C31H33N5O4.C7H15N/c1-31(2,32)30(39)34-26(20-40-19-22-9-5-3-6-10-22)29(38)35-28-17-36(21-33-28)27(18-37)25-15-13-24(14-16-25)23-11-7-4-8-12-23;1-7-3-5-8(2)6-4-7/h3-18,21,26-27H,19-20,32H2,1-2H3,(H,34,39)(H,35,38);7H,3-6H2,1-2H3. The number of carbonyl (C=O) groups is 3. The summed E-state index contributed by atoms with van der Waals surface area (Å²) < 4.78 is 7.34. The van der Waals surface area contributed by atoms with E-state index in [4.69, 9.17) is 10.5 Å². The minimum Gasteiger partial charge on any atom is -0.374 e. The zero-order chi connectivity index (χ0) is 34.5. The van der Waals surface area contributed by atoms with E-state index < -0.39 is 29.4 Å². The number of benzene rings is 3. The molecule has 10 nitrogen and oxygen atoms in total. The first-order valence-corrected chi connectivity index (χ1v) is 16.4. The van der Waals surface area contributed by atoms with Gasteiger partial charge in [0.2, 0.25) is 5.91 Å². The van der Waals surface area contributed by atoms with Gasteiger partial charge in [0.15, 0.2) is 5.82 Å². The zero-order valence-corrected chi connectivity index (χ0v) is 28.3. The summed E-state index contributed by atoms with van der Waals surface area (Å²) in [5, 5.41) is 5.36. The van der Waals surface area contributed by atoms with Crippen molar-refractivity contribution in [1.82, 2.24) is 19.8 Å². The molecule has 48 heavy (non-hydrogen) atoms. The molecule has 5 rings (SSSR count). The molecule has 0 bridgehead atoms. The Kier molecular flexibility index (Phi) is 13.2. The first-order valence-electron chi connectivity index (χ1n) is 16.4. The summed E-state index contributed by atoms with van der Waals surface area (Å²) in [7, 11) is 2.20. The molecule has 2 unspecified atom stereocenters. The fourth-order valence-electron chi connectivity index (χ4n) is 5.12. The van der Waals surface area contributed by atoms with E-state index in [0.29, 0.717) is 0 Å². The van der Waals surface area contributed by atoms with Gasteiger partial charge in [-0.3, -0.25) is 9.59 Å². The Morgan fingerprint density at radius 1 is 0.979 bits per heavy atom. The van der Waals surface area contributed by atoms with Gasteiger partial charge in [-0.25, -0.2) is 4.98 Å². The molecule has 1 aliphatic rings. The maximum atomic E-state index is 13.1. The van der Waals surface area contributed by atoms with Crippen LogP contribution in [0, 0.1) is 5.92 Å². The van der Waals surface area contributed by atoms with E-state index in [1.165, 1.54) is 32.3 Å². The molecule has 2 amide bonds. The molecule has 254 valence electrons. The van der Waals surface area contributed by atoms with Crippen molar-refractivity contribution in [2.24, 2.45) is 11.7 Å². The van der Waals surface area contributed by atoms with Gasteiger partial charge in [0, 0.05) is 6.20 Å². The summed E-state index contributed by atoms with van der Waals surface area (Å²) in [5.74, 6) is 0.186. The lowest BCUT2D eigenvalue weighted by Gasteiger charge is -2.26. The van der Waals surface area contributed by atoms with Crippen LogP contribution in [0.4, 0.5) is 5.82 Å². The van der Waals surface area contributed by atoms with E-state index in [2.05, 4.69) is 34.5 Å². The Labute approximate surface area is 283 Å². The van der Waals surface area contributed by atoms with Crippen molar-refractivity contribution in [1.29, 1.82) is 0 Å². The van der Waals surface area contributed by atoms with Gasteiger partial charge in [-0.1, -0.05) is 91.9 Å². The van der Waals surface area contributed by atoms with Crippen LogP contribution in [-0.4, -0.2) is 70.9 Å². The number of piperidine rings is 1. The molecule has 4 aromatic rings. The zero-order valence-electron chi connectivity index (χ0n) is 28.3. The molecule has 1 aromatic heterocycles. The first-order chi connectivity index (χ1) is 23.0. The fraction of sp³-hybridized carbons (Fsp3) is 0.368. The lowest BCUT2D eigenvalue weighted by atomic mass is 10.00. The number of ether oxygens (including phenoxy) is 1. The molecular formula is C38H48N6O4. The van der Waals surface area contributed by atoms with Crippen molar-refractivity contribution >= 4 is 23.9 Å². The van der Waals surface area contributed by atoms with Gasteiger partial charge >= 0.3 is 0 Å². The Morgan fingerprint density at radius 2 is 1.58 bits per heavy atom. The number of aromatic nitrogens is 2. The van der Waals surface area contributed by atoms with Crippen molar-refractivity contribution < 1.29 is 19.1 Å². The highest BCUT2D eigenvalue weighted by atomic mass is 16.5. The predicted octanol–water partition coefficient (Wildman–Crippen LogP) is 5.06. The number of likely N-dealkylation sites (tertiary alicyclic amines) is 1. The lowest BCUT2D eigenvalue weighted by molar-refractivity contribution is -0.130. The summed E-state index contributed by atoms with van der Waals surface area (Å²) in [6.45, 7) is 8.25. The smallest absolute Gasteiger partial charge is 0.250 e. The van der Waals surface area contributed by atoms with Crippen molar-refractivity contribution in [3.63, 3.8) is 0 Å². The molecule has 0 radical (unpaired) electrons. The number of nitrogens with two attached hydrogens (primary N) is 1. The highest BCUT2D eigenvalue weighted by molar-refractivity contribution is 5.98. The Bertz CT molecular complexity index is 1570. The van der Waals surface area contributed by atoms with E-state index in [1.54, 1.807) is 24.6 Å². The highest BCUT2D eigenvalue weighted by Gasteiger charge is 2.29. The van der Waals surface area contributed by atoms with E-state index in [0.717, 1.165) is 34.5 Å². The maximum Gasteiger partial charge on any atom is 0.250 e. The summed E-state index contributed by atoms with van der Waals surface area (Å²) in [6, 6.07) is 25.5. The summed E-state index contributed by atoms with van der Waals surface area (Å²) in [6.07, 6.45) is 6.66. The summed E-state index contributed by atoms with van der Waals surface area (Å²) in [5.41, 5.74) is 8.55. The number of nitrogens with zero attached hydrogens (tertiary/aromatic N) is 3. The van der Waals surface area contributed by atoms with Crippen molar-refractivity contribution in [2.45, 2.75) is 57.8 Å². The van der Waals surface area contributed by atoms with Crippen LogP contribution in [0.3, 0.4) is 0 Å². The number of carbonyl (C=O) groups excluding carboxylic acids is 3. The second kappa shape index (κ2) is 17.5. The van der Waals surface area contributed by atoms with Crippen LogP contribution in [0.5, 0.6) is 0 Å². The topological polar surface area (TPSA) is 132 Å². The molecule has 2 heterocycles. The highest BCUT2D eigenvalue weighted by Crippen LogP contribution is 2.24. The van der Waals surface area contributed by atoms with E-state index >= 15 is 0 Å². The summed E-state index contributed by atoms with van der Waals surface area (Å²) >= 11 is 0. The van der Waals surface area contributed by atoms with Gasteiger partial charge in [0.05, 0.1) is 25.1 Å². The molecule has 0 spiro atoms. The van der Waals surface area contributed by atoms with E-state index in [9.17, 15) is 14.4 Å².